The van der Waals surface area contributed by atoms with Crippen molar-refractivity contribution in [1.82, 2.24) is 4.98 Å². The Hall–Kier alpha value is -3.25. The summed E-state index contributed by atoms with van der Waals surface area (Å²) in [6, 6.07) is 10.2. The molecule has 0 radical (unpaired) electrons. The van der Waals surface area contributed by atoms with Gasteiger partial charge in [0.15, 0.2) is 11.5 Å². The molecule has 3 fully saturated rings. The number of halogens is 3. The number of aromatic amines is 1. The van der Waals surface area contributed by atoms with E-state index in [9.17, 15) is 27.6 Å². The van der Waals surface area contributed by atoms with E-state index in [1.807, 2.05) is 18.2 Å². The number of nitrogens with zero attached hydrogens (tertiary/aromatic N) is 1. The molecule has 226 valence electrons. The number of fused-ring (bicyclic) bond motifs is 9. The Balaban J connectivity index is 1.27. The van der Waals surface area contributed by atoms with Crippen LogP contribution in [-0.2, 0) is 15.8 Å². The highest BCUT2D eigenvalue weighted by Gasteiger charge is 2.69. The fourth-order valence-electron chi connectivity index (χ4n) is 7.72. The average molecular weight is 631 g/mol. The van der Waals surface area contributed by atoms with Gasteiger partial charge in [-0.15, -0.1) is 11.8 Å². The number of methoxy groups -OCH3 is 1. The number of benzene rings is 2. The fourth-order valence-corrected chi connectivity index (χ4v) is 10.6. The maximum atomic E-state index is 13.9. The van der Waals surface area contributed by atoms with Crippen LogP contribution < -0.4 is 19.2 Å². The Bertz CT molecular complexity index is 1680. The van der Waals surface area contributed by atoms with Crippen LogP contribution in [-0.4, -0.2) is 35.8 Å². The molecule has 12 heteroatoms. The van der Waals surface area contributed by atoms with Crippen molar-refractivity contribution < 1.29 is 32.2 Å². The quantitative estimate of drug-likeness (QED) is 0.328. The van der Waals surface area contributed by atoms with Gasteiger partial charge in [0.25, 0.3) is 0 Å². The molecule has 7 rings (SSSR count). The predicted molar refractivity (Wildman–Crippen MR) is 156 cm³/mol. The maximum Gasteiger partial charge on any atom is 0.416 e. The zero-order valence-corrected chi connectivity index (χ0v) is 25.1. The van der Waals surface area contributed by atoms with Crippen molar-refractivity contribution in [2.75, 3.05) is 18.6 Å². The lowest BCUT2D eigenvalue weighted by molar-refractivity contribution is -0.137. The summed E-state index contributed by atoms with van der Waals surface area (Å²) >= 11 is 2.71. The number of thiazole rings is 1. The van der Waals surface area contributed by atoms with Gasteiger partial charge in [0.2, 0.25) is 11.8 Å². The Morgan fingerprint density at radius 2 is 1.77 bits per heavy atom. The number of amides is 2. The first-order valence-electron chi connectivity index (χ1n) is 14.2. The van der Waals surface area contributed by atoms with Crippen molar-refractivity contribution in [2.24, 2.45) is 35.5 Å². The first-order chi connectivity index (χ1) is 20.5. The normalized spacial score (nSPS) is 29.2. The van der Waals surface area contributed by atoms with Crippen LogP contribution in [0.4, 0.5) is 18.9 Å². The van der Waals surface area contributed by atoms with Gasteiger partial charge in [-0.3, -0.25) is 19.3 Å². The second-order valence-corrected chi connectivity index (χ2v) is 14.3. The number of hydrogen-bond acceptors (Lipinski definition) is 7. The molecule has 2 saturated carbocycles. The van der Waals surface area contributed by atoms with Crippen LogP contribution in [0.1, 0.15) is 42.2 Å². The fraction of sp³-hybridized carbons (Fsp3) is 0.452. The van der Waals surface area contributed by atoms with Gasteiger partial charge in [-0.25, -0.2) is 0 Å². The Labute approximate surface area is 253 Å². The molecule has 2 aliphatic carbocycles. The zero-order chi connectivity index (χ0) is 30.4. The van der Waals surface area contributed by atoms with E-state index in [0.717, 1.165) is 43.8 Å². The number of rotatable bonds is 6. The molecule has 2 bridgehead atoms. The first-order valence-corrected chi connectivity index (χ1v) is 15.9. The first kappa shape index (κ1) is 28.5. The second-order valence-electron chi connectivity index (χ2n) is 12.1. The molecule has 4 aliphatic rings. The third kappa shape index (κ3) is 4.43. The van der Waals surface area contributed by atoms with Crippen LogP contribution in [0.25, 0.3) is 0 Å². The van der Waals surface area contributed by atoms with Crippen LogP contribution in [0.5, 0.6) is 11.5 Å². The minimum absolute atomic E-state index is 0.0454. The highest BCUT2D eigenvalue weighted by atomic mass is 32.2. The molecule has 3 heterocycles. The Kier molecular flexibility index (Phi) is 6.73. The van der Waals surface area contributed by atoms with Gasteiger partial charge in [-0.05, 0) is 66.0 Å². The molecule has 2 aromatic carbocycles. The van der Waals surface area contributed by atoms with E-state index in [1.165, 1.54) is 12.1 Å². The van der Waals surface area contributed by atoms with E-state index in [1.54, 1.807) is 18.9 Å². The summed E-state index contributed by atoms with van der Waals surface area (Å²) < 4.78 is 52.1. The standard InChI is InChI=1S/C31H29F3N2O5S2/c1-13(2)12-41-19-8-7-14(9-20(19)40-3)21-22-17-11-18(25(22)42-27-26(21)43-30(39)35-27)24-23(17)28(37)36(29(24)38)16-6-4-5-15(10-16)31(32,33)34/h4-10,13,17-18,21-25H,11-12H2,1-3H3,(H,35,39)/t17?,18?,21-,22?,23?,24?,25?/m1/s1. The molecule has 0 spiro atoms. The van der Waals surface area contributed by atoms with Gasteiger partial charge in [0.05, 0.1) is 41.8 Å². The summed E-state index contributed by atoms with van der Waals surface area (Å²) in [7, 11) is 1.58. The van der Waals surface area contributed by atoms with E-state index in [0.29, 0.717) is 30.4 Å². The minimum Gasteiger partial charge on any atom is -0.493 e. The van der Waals surface area contributed by atoms with Gasteiger partial charge in [-0.1, -0.05) is 37.3 Å². The van der Waals surface area contributed by atoms with E-state index >= 15 is 0 Å². The van der Waals surface area contributed by atoms with Crippen molar-refractivity contribution in [3.8, 4) is 11.5 Å². The molecule has 1 N–H and O–H groups in total. The number of carbonyl (C=O) groups is 2. The van der Waals surface area contributed by atoms with Gasteiger partial charge >= 0.3 is 11.0 Å². The number of alkyl halides is 3. The van der Waals surface area contributed by atoms with Crippen molar-refractivity contribution in [3.05, 3.63) is 68.1 Å². The average Bonchev–Trinajstić information content (AvgIpc) is 3.70. The number of H-pyrrole nitrogens is 1. The molecule has 2 amide bonds. The summed E-state index contributed by atoms with van der Waals surface area (Å²) in [5, 5.41) is 0.728. The second kappa shape index (κ2) is 10.2. The molecule has 1 aromatic heterocycles. The largest absolute Gasteiger partial charge is 0.493 e. The number of nitrogens with one attached hydrogen (secondary N) is 1. The van der Waals surface area contributed by atoms with Crippen LogP contribution in [0.2, 0.25) is 0 Å². The molecule has 1 saturated heterocycles. The molecule has 7 atom stereocenters. The minimum atomic E-state index is -4.60. The van der Waals surface area contributed by atoms with Gasteiger partial charge in [0, 0.05) is 16.0 Å². The van der Waals surface area contributed by atoms with Gasteiger partial charge < -0.3 is 14.5 Å². The van der Waals surface area contributed by atoms with Crippen molar-refractivity contribution in [3.63, 3.8) is 0 Å². The number of hydrogen-bond donors (Lipinski definition) is 1. The lowest BCUT2D eigenvalue weighted by Gasteiger charge is -2.43. The van der Waals surface area contributed by atoms with Crippen LogP contribution in [0.3, 0.4) is 0 Å². The lowest BCUT2D eigenvalue weighted by atomic mass is 9.68. The van der Waals surface area contributed by atoms with E-state index < -0.39 is 35.4 Å². The number of carbonyl (C=O) groups excluding carboxylic acids is 2. The van der Waals surface area contributed by atoms with Crippen molar-refractivity contribution >= 4 is 40.6 Å². The molecule has 43 heavy (non-hydrogen) atoms. The monoisotopic (exact) mass is 630 g/mol. The third-order valence-corrected chi connectivity index (χ3v) is 11.9. The molecule has 7 nitrogen and oxygen atoms in total. The number of imide groups is 1. The summed E-state index contributed by atoms with van der Waals surface area (Å²) in [6.45, 7) is 4.64. The van der Waals surface area contributed by atoms with E-state index in [-0.39, 0.29) is 39.5 Å². The number of ether oxygens (including phenoxy) is 2. The molecule has 2 aliphatic heterocycles. The smallest absolute Gasteiger partial charge is 0.416 e. The van der Waals surface area contributed by atoms with Crippen LogP contribution >= 0.6 is 23.1 Å². The number of anilines is 1. The zero-order valence-electron chi connectivity index (χ0n) is 23.5. The molecular weight excluding hydrogens is 601 g/mol. The summed E-state index contributed by atoms with van der Waals surface area (Å²) in [5.74, 6) is -1.18. The third-order valence-electron chi connectivity index (χ3n) is 9.27. The number of thioether (sulfide) groups is 1. The highest BCUT2D eigenvalue weighted by molar-refractivity contribution is 8.00. The van der Waals surface area contributed by atoms with Gasteiger partial charge in [-0.2, -0.15) is 13.2 Å². The lowest BCUT2D eigenvalue weighted by Crippen LogP contribution is -2.42. The summed E-state index contributed by atoms with van der Waals surface area (Å²) in [6.07, 6.45) is -3.92. The topological polar surface area (TPSA) is 88.7 Å². The van der Waals surface area contributed by atoms with Gasteiger partial charge in [0.1, 0.15) is 0 Å². The van der Waals surface area contributed by atoms with Crippen LogP contribution in [0.15, 0.2) is 52.3 Å². The number of aromatic nitrogens is 1. The molecular formula is C31H29F3N2O5S2. The van der Waals surface area contributed by atoms with Crippen LogP contribution in [0, 0.1) is 35.5 Å². The highest BCUT2D eigenvalue weighted by Crippen LogP contribution is 2.69. The van der Waals surface area contributed by atoms with E-state index in [2.05, 4.69) is 18.8 Å². The molecule has 6 unspecified atom stereocenters. The summed E-state index contributed by atoms with van der Waals surface area (Å²) in [4.78, 5) is 44.9. The molecule has 3 aromatic rings. The van der Waals surface area contributed by atoms with Crippen molar-refractivity contribution in [2.45, 2.75) is 42.6 Å². The maximum absolute atomic E-state index is 13.9. The summed E-state index contributed by atoms with van der Waals surface area (Å²) in [5.41, 5.74) is -0.0230. The van der Waals surface area contributed by atoms with E-state index in [4.69, 9.17) is 9.47 Å². The Morgan fingerprint density at radius 3 is 2.47 bits per heavy atom. The van der Waals surface area contributed by atoms with Crippen molar-refractivity contribution in [1.29, 1.82) is 0 Å². The SMILES string of the molecule is COc1cc([C@H]2c3sc(=O)[nH]c3SC3C4CC(C5C(=O)N(c6cccc(C(F)(F)F)c6)C(=O)C45)C32)ccc1OCC(C)C. The predicted octanol–water partition coefficient (Wildman–Crippen LogP) is 6.18. The Morgan fingerprint density at radius 1 is 1.02 bits per heavy atom.